The highest BCUT2D eigenvalue weighted by atomic mass is 15.0. The van der Waals surface area contributed by atoms with E-state index in [1.165, 1.54) is 26.9 Å². The van der Waals surface area contributed by atoms with Crippen LogP contribution in [0.1, 0.15) is 5.56 Å². The fraction of sp³-hybridized carbons (Fsp3) is 0. The van der Waals surface area contributed by atoms with Gasteiger partial charge in [0.2, 0.25) is 0 Å². The molecule has 0 unspecified atom stereocenters. The summed E-state index contributed by atoms with van der Waals surface area (Å²) >= 11 is 0. The monoisotopic (exact) mass is 725 g/mol. The number of fused-ring (bicyclic) bond motifs is 9. The highest BCUT2D eigenvalue weighted by molar-refractivity contribution is 6.25. The van der Waals surface area contributed by atoms with Crippen molar-refractivity contribution < 1.29 is 0 Å². The molecule has 0 aliphatic heterocycles. The zero-order valence-corrected chi connectivity index (χ0v) is 30.6. The lowest BCUT2D eigenvalue weighted by Crippen LogP contribution is -2.02. The van der Waals surface area contributed by atoms with Crippen LogP contribution in [0.2, 0.25) is 0 Å². The van der Waals surface area contributed by atoms with Gasteiger partial charge in [0.1, 0.15) is 0 Å². The van der Waals surface area contributed by atoms with Crippen LogP contribution < -0.4 is 0 Å². The Balaban J connectivity index is 1.18. The summed E-state index contributed by atoms with van der Waals surface area (Å²) < 4.78 is 2.22. The second-order valence-electron chi connectivity index (χ2n) is 14.3. The quantitative estimate of drug-likeness (QED) is 0.166. The summed E-state index contributed by atoms with van der Waals surface area (Å²) in [6.45, 7) is 0. The Morgan fingerprint density at radius 3 is 1.47 bits per heavy atom. The van der Waals surface area contributed by atoms with E-state index in [0.717, 1.165) is 60.7 Å². The summed E-state index contributed by atoms with van der Waals surface area (Å²) in [5.74, 6) is 1.59. The maximum atomic E-state index is 10.4. The highest BCUT2D eigenvalue weighted by Gasteiger charge is 2.19. The van der Waals surface area contributed by atoms with Gasteiger partial charge in [0.05, 0.1) is 22.7 Å². The molecule has 0 amide bonds. The van der Waals surface area contributed by atoms with Gasteiger partial charge in [-0.25, -0.2) is 15.0 Å². The van der Waals surface area contributed by atoms with Gasteiger partial charge in [0, 0.05) is 33.2 Å². The van der Waals surface area contributed by atoms with Crippen molar-refractivity contribution >= 4 is 54.1 Å². The summed E-state index contributed by atoms with van der Waals surface area (Å²) in [5, 5.41) is 19.9. The topological polar surface area (TPSA) is 67.4 Å². The van der Waals surface area contributed by atoms with Crippen molar-refractivity contribution in [2.45, 2.75) is 0 Å². The molecule has 11 aromatic rings. The number of nitrogens with zero attached hydrogens (tertiary/aromatic N) is 5. The van der Waals surface area contributed by atoms with Gasteiger partial charge in [-0.15, -0.1) is 0 Å². The minimum absolute atomic E-state index is 0.487. The predicted molar refractivity (Wildman–Crippen MR) is 233 cm³/mol. The molecule has 0 atom stereocenters. The molecular weight excluding hydrogens is 695 g/mol. The summed E-state index contributed by atoms with van der Waals surface area (Å²) in [5.41, 5.74) is 8.09. The molecule has 2 aromatic heterocycles. The third-order valence-electron chi connectivity index (χ3n) is 11.0. The molecular formula is C52H31N5. The third kappa shape index (κ3) is 5.35. The first-order valence-electron chi connectivity index (χ1n) is 19.0. The fourth-order valence-electron chi connectivity index (χ4n) is 8.48. The minimum Gasteiger partial charge on any atom is -0.309 e. The number of benzene rings is 9. The summed E-state index contributed by atoms with van der Waals surface area (Å²) in [7, 11) is 0. The SMILES string of the molecule is N#Cc1cc(-c2nc(-c3ccc4c5ccccc5c5ccccc5c4c3)nc(-c3ccccc3-c3ccccc3)n2)cc(-n2c3ccccc3c3ccccc32)c1. The first-order valence-corrected chi connectivity index (χ1v) is 19.0. The molecule has 0 N–H and O–H groups in total. The van der Waals surface area contributed by atoms with Crippen LogP contribution in [0.5, 0.6) is 0 Å². The summed E-state index contributed by atoms with van der Waals surface area (Å²) in [6, 6.07) is 67.4. The maximum absolute atomic E-state index is 10.4. The predicted octanol–water partition coefficient (Wildman–Crippen LogP) is 13.0. The lowest BCUT2D eigenvalue weighted by atomic mass is 9.93. The maximum Gasteiger partial charge on any atom is 0.164 e. The minimum atomic E-state index is 0.487. The molecule has 5 heteroatoms. The average molecular weight is 726 g/mol. The van der Waals surface area contributed by atoms with E-state index in [1.807, 2.05) is 42.5 Å². The van der Waals surface area contributed by atoms with Crippen LogP contribution in [0.4, 0.5) is 0 Å². The van der Waals surface area contributed by atoms with E-state index in [9.17, 15) is 5.26 Å². The van der Waals surface area contributed by atoms with Crippen LogP contribution in [-0.2, 0) is 0 Å². The molecule has 5 nitrogen and oxygen atoms in total. The zero-order valence-electron chi connectivity index (χ0n) is 30.6. The normalized spacial score (nSPS) is 11.5. The number of nitriles is 1. The van der Waals surface area contributed by atoms with Gasteiger partial charge < -0.3 is 4.57 Å². The first-order chi connectivity index (χ1) is 28.2. The molecule has 0 radical (unpaired) electrons. The van der Waals surface area contributed by atoms with Gasteiger partial charge in [-0.05, 0) is 79.8 Å². The molecule has 2 heterocycles. The molecule has 57 heavy (non-hydrogen) atoms. The molecule has 11 rings (SSSR count). The van der Waals surface area contributed by atoms with Crippen LogP contribution in [0, 0.1) is 11.3 Å². The molecule has 9 aromatic carbocycles. The van der Waals surface area contributed by atoms with Crippen LogP contribution >= 0.6 is 0 Å². The lowest BCUT2D eigenvalue weighted by molar-refractivity contribution is 1.07. The van der Waals surface area contributed by atoms with Crippen molar-refractivity contribution in [1.82, 2.24) is 19.5 Å². The van der Waals surface area contributed by atoms with Gasteiger partial charge >= 0.3 is 0 Å². The number of hydrogen-bond donors (Lipinski definition) is 0. The zero-order chi connectivity index (χ0) is 37.9. The Labute approximate surface area is 328 Å². The van der Waals surface area contributed by atoms with E-state index < -0.39 is 0 Å². The van der Waals surface area contributed by atoms with E-state index in [4.69, 9.17) is 15.0 Å². The number of rotatable bonds is 5. The Hall–Kier alpha value is -7.94. The summed E-state index contributed by atoms with van der Waals surface area (Å²) in [6.07, 6.45) is 0. The van der Waals surface area contributed by atoms with E-state index in [1.54, 1.807) is 0 Å². The second kappa shape index (κ2) is 13.1. The molecule has 0 bridgehead atoms. The van der Waals surface area contributed by atoms with Crippen molar-refractivity contribution in [2.75, 3.05) is 0 Å². The number of aromatic nitrogens is 4. The van der Waals surface area contributed by atoms with Crippen LogP contribution in [0.25, 0.3) is 105 Å². The van der Waals surface area contributed by atoms with E-state index >= 15 is 0 Å². The average Bonchev–Trinajstić information content (AvgIpc) is 3.63. The largest absolute Gasteiger partial charge is 0.309 e. The van der Waals surface area contributed by atoms with Gasteiger partial charge in [0.25, 0.3) is 0 Å². The van der Waals surface area contributed by atoms with Crippen molar-refractivity contribution in [2.24, 2.45) is 0 Å². The van der Waals surface area contributed by atoms with Crippen molar-refractivity contribution in [3.8, 4) is 57.0 Å². The van der Waals surface area contributed by atoms with Crippen molar-refractivity contribution in [1.29, 1.82) is 5.26 Å². The molecule has 264 valence electrons. The van der Waals surface area contributed by atoms with Gasteiger partial charge in [-0.3, -0.25) is 0 Å². The highest BCUT2D eigenvalue weighted by Crippen LogP contribution is 2.39. The van der Waals surface area contributed by atoms with Crippen LogP contribution in [0.15, 0.2) is 188 Å². The summed E-state index contributed by atoms with van der Waals surface area (Å²) in [4.78, 5) is 15.7. The number of para-hydroxylation sites is 2. The molecule has 0 saturated heterocycles. The van der Waals surface area contributed by atoms with Crippen molar-refractivity contribution in [3.63, 3.8) is 0 Å². The smallest absolute Gasteiger partial charge is 0.164 e. The van der Waals surface area contributed by atoms with Crippen LogP contribution in [-0.4, -0.2) is 19.5 Å². The Kier molecular flexibility index (Phi) is 7.48. The molecule has 0 saturated carbocycles. The number of hydrogen-bond acceptors (Lipinski definition) is 4. The van der Waals surface area contributed by atoms with Crippen molar-refractivity contribution in [3.05, 3.63) is 194 Å². The van der Waals surface area contributed by atoms with Gasteiger partial charge in [-0.1, -0.05) is 152 Å². The Bertz CT molecular complexity index is 3340. The second-order valence-corrected chi connectivity index (χ2v) is 14.3. The molecule has 0 fully saturated rings. The van der Waals surface area contributed by atoms with Crippen LogP contribution in [0.3, 0.4) is 0 Å². The third-order valence-corrected chi connectivity index (χ3v) is 11.0. The molecule has 0 aliphatic carbocycles. The van der Waals surface area contributed by atoms with E-state index in [2.05, 4.69) is 156 Å². The molecule has 0 aliphatic rings. The van der Waals surface area contributed by atoms with Gasteiger partial charge in [0.15, 0.2) is 17.5 Å². The van der Waals surface area contributed by atoms with E-state index in [-0.39, 0.29) is 0 Å². The van der Waals surface area contributed by atoms with E-state index in [0.29, 0.717) is 23.0 Å². The molecule has 0 spiro atoms. The lowest BCUT2D eigenvalue weighted by Gasteiger charge is -2.14. The standard InChI is InChI=1S/C52H31N5/c53-32-33-28-36(30-37(29-33)57-48-24-12-10-21-44(48)45-22-11-13-25-49(45)57)51-54-50(55-52(56-51)46-23-9-4-16-38(46)34-14-2-1-3-15-34)35-26-27-43-41-19-6-5-17-39(41)40-18-7-8-20-42(40)47(43)31-35/h1-31H. The first kappa shape index (κ1) is 32.5. The Morgan fingerprint density at radius 1 is 0.351 bits per heavy atom. The fourth-order valence-corrected chi connectivity index (χ4v) is 8.48. The Morgan fingerprint density at radius 2 is 0.842 bits per heavy atom. The van der Waals surface area contributed by atoms with Gasteiger partial charge in [-0.2, -0.15) is 5.26 Å².